The predicted molar refractivity (Wildman–Crippen MR) is 147 cm³/mol. The lowest BCUT2D eigenvalue weighted by atomic mass is 9.80. The van der Waals surface area contributed by atoms with Crippen molar-refractivity contribution in [1.29, 1.82) is 0 Å². The van der Waals surface area contributed by atoms with Crippen molar-refractivity contribution < 1.29 is 24.3 Å². The van der Waals surface area contributed by atoms with E-state index in [9.17, 15) is 24.3 Å². The van der Waals surface area contributed by atoms with E-state index in [2.05, 4.69) is 15.5 Å². The van der Waals surface area contributed by atoms with E-state index in [1.807, 2.05) is 61.5 Å². The second-order valence-corrected chi connectivity index (χ2v) is 10.8. The smallest absolute Gasteiger partial charge is 0.405 e. The number of benzene rings is 2. The Hall–Kier alpha value is -3.92. The van der Waals surface area contributed by atoms with E-state index in [4.69, 9.17) is 5.73 Å². The van der Waals surface area contributed by atoms with Crippen LogP contribution in [0.4, 0.5) is 4.79 Å². The third-order valence-corrected chi connectivity index (χ3v) is 7.67. The Kier molecular flexibility index (Phi) is 8.54. The third kappa shape index (κ3) is 6.57. The van der Waals surface area contributed by atoms with Crippen LogP contribution in [0.5, 0.6) is 0 Å². The number of amides is 4. The van der Waals surface area contributed by atoms with Crippen LogP contribution in [0.1, 0.15) is 53.6 Å². The molecule has 1 saturated carbocycles. The molecule has 208 valence electrons. The Morgan fingerprint density at radius 2 is 1.72 bits per heavy atom. The molecule has 0 aromatic heterocycles. The quantitative estimate of drug-likeness (QED) is 0.368. The molecule has 2 aliphatic rings. The molecule has 4 rings (SSSR count). The van der Waals surface area contributed by atoms with E-state index in [0.717, 1.165) is 53.6 Å². The Morgan fingerprint density at radius 1 is 1.05 bits per heavy atom. The number of carbonyl (C=O) groups excluding carboxylic acids is 3. The highest BCUT2D eigenvalue weighted by atomic mass is 16.4. The first kappa shape index (κ1) is 28.1. The van der Waals surface area contributed by atoms with Crippen LogP contribution in [0.25, 0.3) is 11.1 Å². The minimum atomic E-state index is -1.27. The molecule has 4 amide bonds. The molecule has 10 heteroatoms. The second-order valence-electron chi connectivity index (χ2n) is 10.8. The summed E-state index contributed by atoms with van der Waals surface area (Å²) >= 11 is 0. The van der Waals surface area contributed by atoms with Gasteiger partial charge in [-0.05, 0) is 61.3 Å². The maximum Gasteiger partial charge on any atom is 0.405 e. The number of carboxylic acid groups (broad SMARTS) is 1. The van der Waals surface area contributed by atoms with Crippen molar-refractivity contribution in [2.24, 2.45) is 5.73 Å². The number of nitrogens with zero attached hydrogens (tertiary/aromatic N) is 2. The largest absolute Gasteiger partial charge is 0.465 e. The van der Waals surface area contributed by atoms with Gasteiger partial charge in [0.05, 0.1) is 0 Å². The number of fused-ring (bicyclic) bond motifs is 1. The minimum Gasteiger partial charge on any atom is -0.465 e. The van der Waals surface area contributed by atoms with Gasteiger partial charge in [-0.15, -0.1) is 0 Å². The van der Waals surface area contributed by atoms with Gasteiger partial charge in [0, 0.05) is 31.6 Å². The van der Waals surface area contributed by atoms with Crippen LogP contribution in [0, 0.1) is 0 Å². The first-order chi connectivity index (χ1) is 18.6. The molecule has 10 nitrogen and oxygen atoms in total. The zero-order valence-electron chi connectivity index (χ0n) is 22.5. The van der Waals surface area contributed by atoms with Crippen molar-refractivity contribution in [2.45, 2.75) is 56.7 Å². The fourth-order valence-corrected chi connectivity index (χ4v) is 5.42. The van der Waals surface area contributed by atoms with E-state index in [1.54, 1.807) is 0 Å². The first-order valence-corrected chi connectivity index (χ1v) is 13.4. The molecule has 1 heterocycles. The topological polar surface area (TPSA) is 145 Å². The number of nitrogens with two attached hydrogens (primary N) is 1. The van der Waals surface area contributed by atoms with E-state index in [1.165, 1.54) is 0 Å². The Labute approximate surface area is 228 Å². The number of hydrogen-bond acceptors (Lipinski definition) is 5. The van der Waals surface area contributed by atoms with Gasteiger partial charge in [0.2, 0.25) is 11.8 Å². The molecule has 2 aromatic rings. The average Bonchev–Trinajstić information content (AvgIpc) is 3.22. The fourth-order valence-electron chi connectivity index (χ4n) is 5.42. The van der Waals surface area contributed by atoms with Gasteiger partial charge in [-0.25, -0.2) is 4.79 Å². The standard InChI is InChI=1S/C29H37N5O5/c1-33(2)14-15-34-18-22-17-21(10-11-23(22)26(34)36)20-8-6-19(7-9-20)16-24(25(30)35)31-27(37)29(32-28(38)39)12-4-3-5-13-29/h6-11,17,24,32H,3-5,12-16,18H2,1-2H3,(H2,30,35)(H,31,37)(H,38,39). The molecule has 0 saturated heterocycles. The lowest BCUT2D eigenvalue weighted by molar-refractivity contribution is -0.132. The molecule has 0 spiro atoms. The van der Waals surface area contributed by atoms with Gasteiger partial charge in [0.1, 0.15) is 11.6 Å². The monoisotopic (exact) mass is 535 g/mol. The SMILES string of the molecule is CN(C)CCN1Cc2cc(-c3ccc(CC(NC(=O)C4(NC(=O)O)CCCCC4)C(N)=O)cc3)ccc2C1=O. The van der Waals surface area contributed by atoms with Crippen molar-refractivity contribution >= 4 is 23.8 Å². The van der Waals surface area contributed by atoms with Crippen LogP contribution in [0.3, 0.4) is 0 Å². The van der Waals surface area contributed by atoms with Crippen molar-refractivity contribution in [3.63, 3.8) is 0 Å². The zero-order valence-corrected chi connectivity index (χ0v) is 22.5. The molecular weight excluding hydrogens is 498 g/mol. The molecular formula is C29H37N5O5. The van der Waals surface area contributed by atoms with E-state index < -0.39 is 29.5 Å². The van der Waals surface area contributed by atoms with Gasteiger partial charge in [0.25, 0.3) is 5.91 Å². The van der Waals surface area contributed by atoms with E-state index in [0.29, 0.717) is 25.9 Å². The van der Waals surface area contributed by atoms with Gasteiger partial charge in [-0.1, -0.05) is 49.6 Å². The number of carbonyl (C=O) groups is 4. The summed E-state index contributed by atoms with van der Waals surface area (Å²) in [6, 6.07) is 12.5. The summed E-state index contributed by atoms with van der Waals surface area (Å²) in [5.41, 5.74) is 8.86. The van der Waals surface area contributed by atoms with Crippen LogP contribution in [-0.4, -0.2) is 77.5 Å². The van der Waals surface area contributed by atoms with Crippen molar-refractivity contribution in [3.8, 4) is 11.1 Å². The van der Waals surface area contributed by atoms with Gasteiger partial charge in [-0.2, -0.15) is 0 Å². The Morgan fingerprint density at radius 3 is 2.33 bits per heavy atom. The lowest BCUT2D eigenvalue weighted by Crippen LogP contribution is -2.62. The first-order valence-electron chi connectivity index (χ1n) is 13.4. The molecule has 0 bridgehead atoms. The number of primary amides is 1. The van der Waals surface area contributed by atoms with Crippen LogP contribution >= 0.6 is 0 Å². The van der Waals surface area contributed by atoms with E-state index >= 15 is 0 Å². The van der Waals surface area contributed by atoms with Crippen molar-refractivity contribution in [2.75, 3.05) is 27.2 Å². The number of nitrogens with one attached hydrogen (secondary N) is 2. The lowest BCUT2D eigenvalue weighted by Gasteiger charge is -2.36. The summed E-state index contributed by atoms with van der Waals surface area (Å²) in [6.07, 6.45) is 2.05. The van der Waals surface area contributed by atoms with Crippen LogP contribution < -0.4 is 16.4 Å². The van der Waals surface area contributed by atoms with Gasteiger partial charge < -0.3 is 31.3 Å². The molecule has 1 unspecified atom stereocenters. The number of hydrogen-bond donors (Lipinski definition) is 4. The highest BCUT2D eigenvalue weighted by molar-refractivity contribution is 5.99. The van der Waals surface area contributed by atoms with Crippen molar-refractivity contribution in [3.05, 3.63) is 59.2 Å². The third-order valence-electron chi connectivity index (χ3n) is 7.67. The molecule has 1 aliphatic heterocycles. The van der Waals surface area contributed by atoms with E-state index in [-0.39, 0.29) is 12.3 Å². The number of rotatable bonds is 10. The summed E-state index contributed by atoms with van der Waals surface area (Å²) < 4.78 is 0. The van der Waals surface area contributed by atoms with Crippen LogP contribution in [0.2, 0.25) is 0 Å². The molecule has 1 atom stereocenters. The van der Waals surface area contributed by atoms with Crippen molar-refractivity contribution in [1.82, 2.24) is 20.4 Å². The highest BCUT2D eigenvalue weighted by Crippen LogP contribution is 2.30. The second kappa shape index (κ2) is 11.9. The molecule has 1 fully saturated rings. The number of likely N-dealkylation sites (N-methyl/N-ethyl adjacent to an activating group) is 1. The summed E-state index contributed by atoms with van der Waals surface area (Å²) in [4.78, 5) is 53.4. The molecule has 2 aromatic carbocycles. The molecule has 1 aliphatic carbocycles. The fraction of sp³-hybridized carbons (Fsp3) is 0.448. The summed E-state index contributed by atoms with van der Waals surface area (Å²) in [5, 5.41) is 14.4. The minimum absolute atomic E-state index is 0.0573. The Bertz CT molecular complexity index is 1240. The average molecular weight is 536 g/mol. The zero-order chi connectivity index (χ0) is 28.2. The normalized spacial score (nSPS) is 17.0. The van der Waals surface area contributed by atoms with Gasteiger partial charge >= 0.3 is 6.09 Å². The maximum atomic E-state index is 13.1. The molecule has 0 radical (unpaired) electrons. The Balaban J connectivity index is 1.44. The van der Waals surface area contributed by atoms with Crippen LogP contribution in [0.15, 0.2) is 42.5 Å². The summed E-state index contributed by atoms with van der Waals surface area (Å²) in [6.45, 7) is 2.07. The molecule has 39 heavy (non-hydrogen) atoms. The highest BCUT2D eigenvalue weighted by Gasteiger charge is 2.42. The molecule has 5 N–H and O–H groups in total. The van der Waals surface area contributed by atoms with Crippen LogP contribution in [-0.2, 0) is 22.6 Å². The van der Waals surface area contributed by atoms with Gasteiger partial charge in [0.15, 0.2) is 0 Å². The maximum absolute atomic E-state index is 13.1. The summed E-state index contributed by atoms with van der Waals surface area (Å²) in [7, 11) is 3.97. The summed E-state index contributed by atoms with van der Waals surface area (Å²) in [5.74, 6) is -1.14. The van der Waals surface area contributed by atoms with Gasteiger partial charge in [-0.3, -0.25) is 14.4 Å². The predicted octanol–water partition coefficient (Wildman–Crippen LogP) is 2.35.